The molecule has 1 amide bonds. The molecule has 0 radical (unpaired) electrons. The van der Waals surface area contributed by atoms with Crippen molar-refractivity contribution in [1.82, 2.24) is 0 Å². The van der Waals surface area contributed by atoms with Crippen molar-refractivity contribution >= 4 is 17.3 Å². The minimum Gasteiger partial charge on any atom is -0.508 e. The summed E-state index contributed by atoms with van der Waals surface area (Å²) in [7, 11) is 0. The molecule has 108 valence electrons. The third-order valence-electron chi connectivity index (χ3n) is 3.17. The molecule has 3 N–H and O–H groups in total. The van der Waals surface area contributed by atoms with Crippen LogP contribution in [0.1, 0.15) is 28.4 Å². The minimum atomic E-state index is -0.243. The highest BCUT2D eigenvalue weighted by Gasteiger charge is 2.10. The van der Waals surface area contributed by atoms with Crippen LogP contribution in [0.3, 0.4) is 0 Å². The summed E-state index contributed by atoms with van der Waals surface area (Å²) >= 11 is 0. The van der Waals surface area contributed by atoms with Crippen LogP contribution in [0.4, 0.5) is 5.69 Å². The molecule has 0 fully saturated rings. The van der Waals surface area contributed by atoms with Crippen LogP contribution < -0.4 is 5.32 Å². The topological polar surface area (TPSA) is 81.9 Å². The number of carbonyl (C=O) groups is 1. The molecule has 0 saturated heterocycles. The van der Waals surface area contributed by atoms with Gasteiger partial charge >= 0.3 is 0 Å². The maximum atomic E-state index is 12.2. The molecule has 0 aromatic heterocycles. The fraction of sp³-hybridized carbons (Fsp3) is 0.125. The van der Waals surface area contributed by atoms with E-state index < -0.39 is 0 Å². The number of rotatable bonds is 3. The van der Waals surface area contributed by atoms with Crippen molar-refractivity contribution in [2.75, 3.05) is 5.32 Å². The van der Waals surface area contributed by atoms with Crippen LogP contribution in [0.2, 0.25) is 0 Å². The number of oxime groups is 1. The van der Waals surface area contributed by atoms with Crippen LogP contribution >= 0.6 is 0 Å². The second-order valence-electron chi connectivity index (χ2n) is 4.72. The van der Waals surface area contributed by atoms with Crippen LogP contribution in [-0.4, -0.2) is 21.9 Å². The molecule has 0 saturated carbocycles. The van der Waals surface area contributed by atoms with Crippen LogP contribution in [0.25, 0.3) is 0 Å². The summed E-state index contributed by atoms with van der Waals surface area (Å²) in [6, 6.07) is 11.6. The fourth-order valence-corrected chi connectivity index (χ4v) is 1.95. The Bertz CT molecular complexity index is 691. The largest absolute Gasteiger partial charge is 0.508 e. The van der Waals surface area contributed by atoms with Crippen LogP contribution in [0.15, 0.2) is 47.6 Å². The number of hydrogen-bond donors (Lipinski definition) is 3. The molecule has 2 aromatic rings. The summed E-state index contributed by atoms with van der Waals surface area (Å²) in [5.74, 6) is -0.111. The summed E-state index contributed by atoms with van der Waals surface area (Å²) in [6.45, 7) is 3.45. The van der Waals surface area contributed by atoms with Gasteiger partial charge in [0, 0.05) is 11.3 Å². The Balaban J connectivity index is 2.16. The van der Waals surface area contributed by atoms with Gasteiger partial charge in [0.2, 0.25) is 0 Å². The lowest BCUT2D eigenvalue weighted by molar-refractivity contribution is 0.102. The molecule has 0 aliphatic rings. The van der Waals surface area contributed by atoms with Gasteiger partial charge in [0.25, 0.3) is 5.91 Å². The van der Waals surface area contributed by atoms with Gasteiger partial charge in [-0.25, -0.2) is 0 Å². The zero-order valence-corrected chi connectivity index (χ0v) is 11.8. The monoisotopic (exact) mass is 284 g/mol. The Morgan fingerprint density at radius 1 is 1.14 bits per heavy atom. The Morgan fingerprint density at radius 3 is 2.38 bits per heavy atom. The second-order valence-corrected chi connectivity index (χ2v) is 4.72. The average Bonchev–Trinajstić information content (AvgIpc) is 2.47. The Kier molecular flexibility index (Phi) is 4.23. The van der Waals surface area contributed by atoms with E-state index in [2.05, 4.69) is 10.5 Å². The highest BCUT2D eigenvalue weighted by Crippen LogP contribution is 2.18. The molecule has 2 aromatic carbocycles. The minimum absolute atomic E-state index is 0.132. The van der Waals surface area contributed by atoms with Crippen molar-refractivity contribution in [3.8, 4) is 5.75 Å². The Labute approximate surface area is 122 Å². The van der Waals surface area contributed by atoms with Crippen molar-refractivity contribution in [3.63, 3.8) is 0 Å². The molecular weight excluding hydrogens is 268 g/mol. The lowest BCUT2D eigenvalue weighted by Crippen LogP contribution is -2.13. The Morgan fingerprint density at radius 2 is 1.81 bits per heavy atom. The highest BCUT2D eigenvalue weighted by atomic mass is 16.4. The molecule has 5 nitrogen and oxygen atoms in total. The molecule has 0 spiro atoms. The van der Waals surface area contributed by atoms with Crippen molar-refractivity contribution in [1.29, 1.82) is 0 Å². The maximum absolute atomic E-state index is 12.2. The van der Waals surface area contributed by atoms with Crippen LogP contribution in [0, 0.1) is 6.92 Å². The normalized spacial score (nSPS) is 11.2. The number of aromatic hydroxyl groups is 1. The number of aryl methyl sites for hydroxylation is 1. The van der Waals surface area contributed by atoms with Gasteiger partial charge in [-0.15, -0.1) is 0 Å². The molecule has 0 bridgehead atoms. The van der Waals surface area contributed by atoms with Crippen molar-refractivity contribution in [2.24, 2.45) is 5.16 Å². The molecule has 0 heterocycles. The first-order valence-corrected chi connectivity index (χ1v) is 6.41. The molecule has 21 heavy (non-hydrogen) atoms. The number of nitrogens with zero attached hydrogens (tertiary/aromatic N) is 1. The predicted octanol–water partition coefficient (Wildman–Crippen LogP) is 3.15. The van der Waals surface area contributed by atoms with E-state index in [-0.39, 0.29) is 11.7 Å². The first-order chi connectivity index (χ1) is 10.0. The first-order valence-electron chi connectivity index (χ1n) is 6.41. The van der Waals surface area contributed by atoms with E-state index in [4.69, 9.17) is 5.21 Å². The van der Waals surface area contributed by atoms with Gasteiger partial charge in [-0.3, -0.25) is 4.79 Å². The van der Waals surface area contributed by atoms with Crippen LogP contribution in [0.5, 0.6) is 5.75 Å². The number of carbonyl (C=O) groups excluding carboxylic acids is 1. The van der Waals surface area contributed by atoms with Gasteiger partial charge in [-0.05, 0) is 55.3 Å². The average molecular weight is 284 g/mol. The molecule has 0 unspecified atom stereocenters. The summed E-state index contributed by atoms with van der Waals surface area (Å²) < 4.78 is 0. The van der Waals surface area contributed by atoms with Crippen molar-refractivity contribution in [2.45, 2.75) is 13.8 Å². The molecule has 0 aliphatic heterocycles. The molecule has 2 rings (SSSR count). The van der Waals surface area contributed by atoms with E-state index in [1.54, 1.807) is 50.2 Å². The molecule has 0 atom stereocenters. The smallest absolute Gasteiger partial charge is 0.255 e. The van der Waals surface area contributed by atoms with Gasteiger partial charge in [-0.1, -0.05) is 17.3 Å². The predicted molar refractivity (Wildman–Crippen MR) is 81.2 cm³/mol. The van der Waals surface area contributed by atoms with E-state index in [0.717, 1.165) is 5.56 Å². The summed E-state index contributed by atoms with van der Waals surface area (Å²) in [6.07, 6.45) is 0. The second kappa shape index (κ2) is 6.09. The maximum Gasteiger partial charge on any atom is 0.255 e. The van der Waals surface area contributed by atoms with Crippen molar-refractivity contribution < 1.29 is 15.1 Å². The Hall–Kier alpha value is -2.82. The van der Waals surface area contributed by atoms with Gasteiger partial charge in [-0.2, -0.15) is 0 Å². The SMILES string of the molecule is C/C(=N/O)c1ccc(NC(=O)c2ccc(O)cc2C)cc1. The lowest BCUT2D eigenvalue weighted by Gasteiger charge is -2.08. The third kappa shape index (κ3) is 3.39. The number of phenolic OH excluding ortho intramolecular Hbond substituents is 1. The van der Waals surface area contributed by atoms with Gasteiger partial charge in [0.15, 0.2) is 0 Å². The molecule has 5 heteroatoms. The summed E-state index contributed by atoms with van der Waals surface area (Å²) in [5.41, 5.74) is 3.12. The van der Waals surface area contributed by atoms with Gasteiger partial charge in [0.05, 0.1) is 5.71 Å². The van der Waals surface area contributed by atoms with Crippen molar-refractivity contribution in [3.05, 3.63) is 59.2 Å². The molecule has 0 aliphatic carbocycles. The van der Waals surface area contributed by atoms with E-state index in [9.17, 15) is 9.90 Å². The standard InChI is InChI=1S/C16H16N2O3/c1-10-9-14(19)7-8-15(10)16(20)17-13-5-3-12(4-6-13)11(2)18-21/h3-9,19,21H,1-2H3,(H,17,20)/b18-11-. The van der Waals surface area contributed by atoms with Gasteiger partial charge < -0.3 is 15.6 Å². The summed E-state index contributed by atoms with van der Waals surface area (Å²) in [5, 5.41) is 24.0. The third-order valence-corrected chi connectivity index (χ3v) is 3.17. The van der Waals surface area contributed by atoms with Gasteiger partial charge in [0.1, 0.15) is 5.75 Å². The number of amides is 1. The van der Waals surface area contributed by atoms with E-state index in [1.165, 1.54) is 6.07 Å². The number of anilines is 1. The first kappa shape index (κ1) is 14.6. The van der Waals surface area contributed by atoms with E-state index in [1.807, 2.05) is 0 Å². The number of hydrogen-bond acceptors (Lipinski definition) is 4. The highest BCUT2D eigenvalue weighted by molar-refractivity contribution is 6.05. The van der Waals surface area contributed by atoms with Crippen LogP contribution in [-0.2, 0) is 0 Å². The molecular formula is C16H16N2O3. The zero-order valence-electron chi connectivity index (χ0n) is 11.8. The quantitative estimate of drug-likeness (QED) is 0.460. The number of nitrogens with one attached hydrogen (secondary N) is 1. The van der Waals surface area contributed by atoms with E-state index in [0.29, 0.717) is 22.5 Å². The lowest BCUT2D eigenvalue weighted by atomic mass is 10.1. The number of phenols is 1. The fourth-order valence-electron chi connectivity index (χ4n) is 1.95. The van der Waals surface area contributed by atoms with E-state index >= 15 is 0 Å². The number of benzene rings is 2. The zero-order chi connectivity index (χ0) is 15.4. The summed E-state index contributed by atoms with van der Waals surface area (Å²) in [4.78, 5) is 12.2.